The van der Waals surface area contributed by atoms with Gasteiger partial charge in [-0.25, -0.2) is 0 Å². The lowest BCUT2D eigenvalue weighted by Gasteiger charge is -2.07. The smallest absolute Gasteiger partial charge is 0.327 e. The zero-order valence-electron chi connectivity index (χ0n) is 7.54. The lowest BCUT2D eigenvalue weighted by atomic mass is 10.1. The standard InChI is InChI=1S/C8H10N2O2.2ClH/c1-12-8(11)7(9)6-3-2-4-10-5-6;;/h2-5,7H,9H2,1H3;2*1H. The van der Waals surface area contributed by atoms with Crippen LogP contribution in [0, 0.1) is 0 Å². The average Bonchev–Trinajstić information content (AvgIpc) is 2.17. The summed E-state index contributed by atoms with van der Waals surface area (Å²) in [4.78, 5) is 14.8. The van der Waals surface area contributed by atoms with Crippen molar-refractivity contribution in [1.82, 2.24) is 4.98 Å². The van der Waals surface area contributed by atoms with E-state index in [1.54, 1.807) is 24.5 Å². The van der Waals surface area contributed by atoms with Gasteiger partial charge in [-0.2, -0.15) is 0 Å². The van der Waals surface area contributed by atoms with E-state index >= 15 is 0 Å². The van der Waals surface area contributed by atoms with Crippen molar-refractivity contribution in [3.8, 4) is 0 Å². The van der Waals surface area contributed by atoms with E-state index in [9.17, 15) is 4.79 Å². The van der Waals surface area contributed by atoms with Crippen LogP contribution >= 0.6 is 24.8 Å². The van der Waals surface area contributed by atoms with Crippen molar-refractivity contribution in [3.63, 3.8) is 0 Å². The molecule has 0 aliphatic rings. The van der Waals surface area contributed by atoms with Gasteiger partial charge in [-0.1, -0.05) is 6.07 Å². The molecule has 0 saturated carbocycles. The molecule has 0 aliphatic heterocycles. The van der Waals surface area contributed by atoms with E-state index < -0.39 is 12.0 Å². The van der Waals surface area contributed by atoms with Gasteiger partial charge in [0.2, 0.25) is 0 Å². The van der Waals surface area contributed by atoms with Crippen LogP contribution in [-0.2, 0) is 9.53 Å². The summed E-state index contributed by atoms with van der Waals surface area (Å²) in [5.41, 5.74) is 6.19. The molecular formula is C8H12Cl2N2O2. The number of halogens is 2. The first kappa shape index (κ1) is 15.6. The summed E-state index contributed by atoms with van der Waals surface area (Å²) in [7, 11) is 1.30. The fraction of sp³-hybridized carbons (Fsp3) is 0.250. The molecule has 4 nitrogen and oxygen atoms in total. The minimum atomic E-state index is -0.733. The van der Waals surface area contributed by atoms with E-state index in [-0.39, 0.29) is 24.8 Å². The highest BCUT2D eigenvalue weighted by molar-refractivity contribution is 5.85. The van der Waals surface area contributed by atoms with Gasteiger partial charge >= 0.3 is 5.97 Å². The Morgan fingerprint density at radius 3 is 2.64 bits per heavy atom. The van der Waals surface area contributed by atoms with Crippen LogP contribution in [-0.4, -0.2) is 18.1 Å². The first-order chi connectivity index (χ1) is 5.75. The molecule has 1 unspecified atom stereocenters. The summed E-state index contributed by atoms with van der Waals surface area (Å²) in [5, 5.41) is 0. The Kier molecular flexibility index (Phi) is 8.43. The first-order valence-electron chi connectivity index (χ1n) is 3.49. The van der Waals surface area contributed by atoms with E-state index in [1.165, 1.54) is 7.11 Å². The topological polar surface area (TPSA) is 65.2 Å². The SMILES string of the molecule is COC(=O)C(N)c1cccnc1.Cl.Cl. The second-order valence-electron chi connectivity index (χ2n) is 2.29. The van der Waals surface area contributed by atoms with Gasteiger partial charge in [0.1, 0.15) is 6.04 Å². The number of hydrogen-bond acceptors (Lipinski definition) is 4. The predicted octanol–water partition coefficient (Wildman–Crippen LogP) is 1.10. The van der Waals surface area contributed by atoms with Crippen molar-refractivity contribution < 1.29 is 9.53 Å². The average molecular weight is 239 g/mol. The van der Waals surface area contributed by atoms with E-state index in [1.807, 2.05) is 0 Å². The van der Waals surface area contributed by atoms with Crippen LogP contribution in [0.2, 0.25) is 0 Å². The van der Waals surface area contributed by atoms with Crippen molar-refractivity contribution >= 4 is 30.8 Å². The van der Waals surface area contributed by atoms with Crippen LogP contribution in [0.25, 0.3) is 0 Å². The van der Waals surface area contributed by atoms with Gasteiger partial charge in [-0.05, 0) is 11.6 Å². The van der Waals surface area contributed by atoms with Crippen LogP contribution in [0.3, 0.4) is 0 Å². The Morgan fingerprint density at radius 1 is 1.57 bits per heavy atom. The van der Waals surface area contributed by atoms with Crippen LogP contribution in [0.1, 0.15) is 11.6 Å². The molecule has 1 rings (SSSR count). The number of esters is 1. The summed E-state index contributed by atoms with van der Waals surface area (Å²) in [6, 6.07) is 2.72. The molecule has 0 bridgehead atoms. The van der Waals surface area contributed by atoms with E-state index in [0.717, 1.165) is 0 Å². The molecule has 2 N–H and O–H groups in total. The molecule has 0 fully saturated rings. The number of carbonyl (C=O) groups is 1. The van der Waals surface area contributed by atoms with Gasteiger partial charge in [0.15, 0.2) is 0 Å². The second kappa shape index (κ2) is 7.55. The van der Waals surface area contributed by atoms with Crippen molar-refractivity contribution in [1.29, 1.82) is 0 Å². The number of nitrogens with two attached hydrogens (primary N) is 1. The molecule has 1 atom stereocenters. The molecular weight excluding hydrogens is 227 g/mol. The third-order valence-electron chi connectivity index (χ3n) is 1.50. The van der Waals surface area contributed by atoms with Gasteiger partial charge in [-0.15, -0.1) is 24.8 Å². The number of carbonyl (C=O) groups excluding carboxylic acids is 1. The summed E-state index contributed by atoms with van der Waals surface area (Å²) in [6.45, 7) is 0. The maximum atomic E-state index is 10.9. The van der Waals surface area contributed by atoms with E-state index in [4.69, 9.17) is 5.73 Å². The summed E-state index contributed by atoms with van der Waals surface area (Å²) < 4.78 is 4.47. The Morgan fingerprint density at radius 2 is 2.21 bits per heavy atom. The monoisotopic (exact) mass is 238 g/mol. The van der Waals surface area contributed by atoms with Gasteiger partial charge in [0.25, 0.3) is 0 Å². The van der Waals surface area contributed by atoms with E-state index in [2.05, 4.69) is 9.72 Å². The largest absolute Gasteiger partial charge is 0.468 e. The van der Waals surface area contributed by atoms with Crippen molar-refractivity contribution in [2.45, 2.75) is 6.04 Å². The minimum Gasteiger partial charge on any atom is -0.468 e. The molecule has 80 valence electrons. The van der Waals surface area contributed by atoms with Crippen molar-refractivity contribution in [2.24, 2.45) is 5.73 Å². The van der Waals surface area contributed by atoms with Crippen LogP contribution in [0.5, 0.6) is 0 Å². The quantitative estimate of drug-likeness (QED) is 0.785. The summed E-state index contributed by atoms with van der Waals surface area (Å²) >= 11 is 0. The third kappa shape index (κ3) is 3.91. The van der Waals surface area contributed by atoms with Gasteiger partial charge < -0.3 is 10.5 Å². The normalized spacial score (nSPS) is 10.4. The van der Waals surface area contributed by atoms with Crippen molar-refractivity contribution in [3.05, 3.63) is 30.1 Å². The fourth-order valence-electron chi connectivity index (χ4n) is 0.823. The molecule has 1 aromatic heterocycles. The second-order valence-corrected chi connectivity index (χ2v) is 2.29. The molecule has 0 aromatic carbocycles. The number of rotatable bonds is 2. The van der Waals surface area contributed by atoms with Crippen LogP contribution < -0.4 is 5.73 Å². The molecule has 6 heteroatoms. The maximum absolute atomic E-state index is 10.9. The number of pyridine rings is 1. The summed E-state index contributed by atoms with van der Waals surface area (Å²) in [5.74, 6) is -0.456. The number of hydrogen-bond donors (Lipinski definition) is 1. The number of ether oxygens (including phenoxy) is 1. The molecule has 14 heavy (non-hydrogen) atoms. The molecule has 1 heterocycles. The molecule has 0 saturated heterocycles. The molecule has 0 aliphatic carbocycles. The van der Waals surface area contributed by atoms with Gasteiger partial charge in [0.05, 0.1) is 7.11 Å². The van der Waals surface area contributed by atoms with E-state index in [0.29, 0.717) is 5.56 Å². The lowest BCUT2D eigenvalue weighted by Crippen LogP contribution is -2.22. The zero-order chi connectivity index (χ0) is 8.97. The number of nitrogens with zero attached hydrogens (tertiary/aromatic N) is 1. The van der Waals surface area contributed by atoms with Gasteiger partial charge in [0, 0.05) is 12.4 Å². The summed E-state index contributed by atoms with van der Waals surface area (Å²) in [6.07, 6.45) is 3.16. The first-order valence-corrected chi connectivity index (χ1v) is 3.49. The predicted molar refractivity (Wildman–Crippen MR) is 57.7 cm³/mol. The molecule has 0 radical (unpaired) electrons. The molecule has 0 amide bonds. The number of aromatic nitrogens is 1. The Balaban J connectivity index is 0. The maximum Gasteiger partial charge on any atom is 0.327 e. The lowest BCUT2D eigenvalue weighted by molar-refractivity contribution is -0.142. The highest BCUT2D eigenvalue weighted by Crippen LogP contribution is 2.08. The Hall–Kier alpha value is -0.840. The number of methoxy groups -OCH3 is 1. The highest BCUT2D eigenvalue weighted by atomic mass is 35.5. The molecule has 0 spiro atoms. The molecule has 1 aromatic rings. The fourth-order valence-corrected chi connectivity index (χ4v) is 0.823. The van der Waals surface area contributed by atoms with Gasteiger partial charge in [-0.3, -0.25) is 9.78 Å². The van der Waals surface area contributed by atoms with Crippen molar-refractivity contribution in [2.75, 3.05) is 7.11 Å². The zero-order valence-corrected chi connectivity index (χ0v) is 9.18. The minimum absolute atomic E-state index is 0. The Labute approximate surface area is 94.7 Å². The third-order valence-corrected chi connectivity index (χ3v) is 1.50. The highest BCUT2D eigenvalue weighted by Gasteiger charge is 2.15. The van der Waals surface area contributed by atoms with Crippen LogP contribution in [0.4, 0.5) is 0 Å². The Bertz CT molecular complexity index is 269. The van der Waals surface area contributed by atoms with Crippen LogP contribution in [0.15, 0.2) is 24.5 Å².